The number of rotatable bonds is 5. The number of nitro benzene ring substituents is 1. The normalized spacial score (nSPS) is 18.8. The Morgan fingerprint density at radius 3 is 2.56 bits per heavy atom. The van der Waals surface area contributed by atoms with Crippen LogP contribution < -0.4 is 14.2 Å². The zero-order valence-corrected chi connectivity index (χ0v) is 17.6. The van der Waals surface area contributed by atoms with Crippen LogP contribution in [0, 0.1) is 10.1 Å². The molecule has 2 atom stereocenters. The minimum atomic E-state index is -0.626. The van der Waals surface area contributed by atoms with Crippen molar-refractivity contribution in [3.05, 3.63) is 93.5 Å². The Hall–Kier alpha value is -4.07. The van der Waals surface area contributed by atoms with E-state index in [0.717, 1.165) is 22.6 Å². The minimum Gasteiger partial charge on any atom is -0.497 e. The Balaban J connectivity index is 1.60. The van der Waals surface area contributed by atoms with Crippen molar-refractivity contribution in [3.63, 3.8) is 0 Å². The molecule has 0 unspecified atom stereocenters. The van der Waals surface area contributed by atoms with E-state index in [-0.39, 0.29) is 11.7 Å². The molecule has 0 spiro atoms. The predicted molar refractivity (Wildman–Crippen MR) is 118 cm³/mol. The molecular weight excluding hydrogens is 410 g/mol. The molecule has 0 amide bonds. The van der Waals surface area contributed by atoms with Crippen LogP contribution >= 0.6 is 0 Å². The number of para-hydroxylation sites is 1. The van der Waals surface area contributed by atoms with E-state index in [2.05, 4.69) is 0 Å². The number of non-ortho nitro benzene ring substituents is 1. The fraction of sp³-hybridized carbons (Fsp3) is 0.208. The Kier molecular flexibility index (Phi) is 4.89. The van der Waals surface area contributed by atoms with Crippen molar-refractivity contribution in [1.82, 2.24) is 5.01 Å². The number of hydrogen-bond donors (Lipinski definition) is 0. The van der Waals surface area contributed by atoms with Crippen LogP contribution in [-0.2, 0) is 0 Å². The number of hydrogen-bond acceptors (Lipinski definition) is 7. The quantitative estimate of drug-likeness (QED) is 0.424. The van der Waals surface area contributed by atoms with Crippen LogP contribution in [0.2, 0.25) is 0 Å². The molecule has 32 heavy (non-hydrogen) atoms. The molecule has 0 N–H and O–H groups in total. The van der Waals surface area contributed by atoms with Crippen molar-refractivity contribution in [1.29, 1.82) is 0 Å². The average Bonchev–Trinajstić information content (AvgIpc) is 3.29. The topological polar surface area (TPSA) is 86.4 Å². The molecule has 0 bridgehead atoms. The number of nitrogens with zero attached hydrogens (tertiary/aromatic N) is 3. The lowest BCUT2D eigenvalue weighted by molar-refractivity contribution is -0.385. The zero-order chi connectivity index (χ0) is 22.2. The molecule has 3 aromatic rings. The van der Waals surface area contributed by atoms with E-state index in [1.165, 1.54) is 12.1 Å². The van der Waals surface area contributed by atoms with Crippen LogP contribution in [-0.4, -0.2) is 29.9 Å². The van der Waals surface area contributed by atoms with E-state index in [4.69, 9.17) is 19.3 Å². The van der Waals surface area contributed by atoms with Gasteiger partial charge in [-0.25, -0.2) is 5.01 Å². The molecule has 2 aliphatic heterocycles. The lowest BCUT2D eigenvalue weighted by Crippen LogP contribution is -2.33. The largest absolute Gasteiger partial charge is 0.497 e. The zero-order valence-electron chi connectivity index (χ0n) is 17.6. The first-order valence-electron chi connectivity index (χ1n) is 10.2. The highest BCUT2D eigenvalue weighted by molar-refractivity contribution is 6.02. The smallest absolute Gasteiger partial charge is 0.269 e. The highest BCUT2D eigenvalue weighted by Gasteiger charge is 2.42. The van der Waals surface area contributed by atoms with Gasteiger partial charge >= 0.3 is 0 Å². The standard InChI is InChI=1S/C24H21N3O5/c1-30-18-11-9-15(10-12-18)20-14-21-19-7-4-8-22(31-2)23(19)32-24(26(21)25-20)16-5-3-6-17(13-16)27(28)29/h3-13,21,24H,14H2,1-2H3/t21-,24+/m0/s1. The first kappa shape index (κ1) is 19.9. The summed E-state index contributed by atoms with van der Waals surface area (Å²) in [6.45, 7) is 0. The maximum Gasteiger partial charge on any atom is 0.269 e. The summed E-state index contributed by atoms with van der Waals surface area (Å²) in [6.07, 6.45) is 0.0424. The molecule has 2 heterocycles. The number of benzene rings is 3. The summed E-state index contributed by atoms with van der Waals surface area (Å²) in [5, 5.41) is 18.1. The number of ether oxygens (including phenoxy) is 3. The molecule has 8 nitrogen and oxygen atoms in total. The molecule has 0 saturated heterocycles. The van der Waals surface area contributed by atoms with Crippen molar-refractivity contribution >= 4 is 11.4 Å². The Bertz CT molecular complexity index is 1210. The van der Waals surface area contributed by atoms with Crippen molar-refractivity contribution in [2.45, 2.75) is 18.7 Å². The first-order valence-corrected chi connectivity index (χ1v) is 10.2. The highest BCUT2D eigenvalue weighted by atomic mass is 16.6. The van der Waals surface area contributed by atoms with Gasteiger partial charge in [0.1, 0.15) is 5.75 Å². The van der Waals surface area contributed by atoms with E-state index in [0.29, 0.717) is 23.5 Å². The second-order valence-electron chi connectivity index (χ2n) is 7.58. The number of nitro groups is 1. The van der Waals surface area contributed by atoms with Crippen molar-refractivity contribution in [2.24, 2.45) is 5.10 Å². The maximum atomic E-state index is 11.3. The van der Waals surface area contributed by atoms with Gasteiger partial charge in [-0.05, 0) is 35.9 Å². The van der Waals surface area contributed by atoms with Gasteiger partial charge in [0.05, 0.1) is 30.9 Å². The van der Waals surface area contributed by atoms with Crippen LogP contribution in [0.5, 0.6) is 17.2 Å². The summed E-state index contributed by atoms with van der Waals surface area (Å²) in [4.78, 5) is 10.9. The summed E-state index contributed by atoms with van der Waals surface area (Å²) < 4.78 is 17.2. The average molecular weight is 431 g/mol. The molecule has 2 aliphatic rings. The summed E-state index contributed by atoms with van der Waals surface area (Å²) in [5.74, 6) is 2.03. The van der Waals surface area contributed by atoms with E-state index in [1.54, 1.807) is 20.3 Å². The molecule has 0 fully saturated rings. The van der Waals surface area contributed by atoms with Crippen LogP contribution in [0.15, 0.2) is 71.8 Å². The first-order chi connectivity index (χ1) is 15.6. The van der Waals surface area contributed by atoms with Crippen molar-refractivity contribution < 1.29 is 19.1 Å². The van der Waals surface area contributed by atoms with Gasteiger partial charge in [-0.3, -0.25) is 10.1 Å². The number of hydrazone groups is 1. The Labute approximate surface area is 184 Å². The Morgan fingerprint density at radius 2 is 1.84 bits per heavy atom. The van der Waals surface area contributed by atoms with Crippen LogP contribution in [0.3, 0.4) is 0 Å². The molecule has 0 aliphatic carbocycles. The summed E-state index contributed by atoms with van der Waals surface area (Å²) in [5.41, 5.74) is 3.53. The molecule has 0 aromatic heterocycles. The van der Waals surface area contributed by atoms with Crippen LogP contribution in [0.1, 0.15) is 35.4 Å². The number of fused-ring (bicyclic) bond motifs is 3. The van der Waals surface area contributed by atoms with E-state index in [9.17, 15) is 10.1 Å². The summed E-state index contributed by atoms with van der Waals surface area (Å²) >= 11 is 0. The fourth-order valence-corrected chi connectivity index (χ4v) is 4.21. The van der Waals surface area contributed by atoms with Gasteiger partial charge in [0.25, 0.3) is 5.69 Å². The lowest BCUT2D eigenvalue weighted by atomic mass is 9.95. The monoisotopic (exact) mass is 431 g/mol. The van der Waals surface area contributed by atoms with E-state index in [1.807, 2.05) is 53.5 Å². The second kappa shape index (κ2) is 7.88. The van der Waals surface area contributed by atoms with Crippen LogP contribution in [0.4, 0.5) is 5.69 Å². The van der Waals surface area contributed by atoms with Gasteiger partial charge in [-0.2, -0.15) is 5.10 Å². The molecule has 5 rings (SSSR count). The maximum absolute atomic E-state index is 11.3. The van der Waals surface area contributed by atoms with Gasteiger partial charge in [0.2, 0.25) is 6.23 Å². The van der Waals surface area contributed by atoms with Crippen molar-refractivity contribution in [2.75, 3.05) is 14.2 Å². The fourth-order valence-electron chi connectivity index (χ4n) is 4.21. The van der Waals surface area contributed by atoms with E-state index >= 15 is 0 Å². The van der Waals surface area contributed by atoms with Gasteiger partial charge in [0, 0.05) is 29.7 Å². The molecule has 0 radical (unpaired) electrons. The Morgan fingerprint density at radius 1 is 1.06 bits per heavy atom. The van der Waals surface area contributed by atoms with Crippen LogP contribution in [0.25, 0.3) is 0 Å². The summed E-state index contributed by atoms with van der Waals surface area (Å²) in [7, 11) is 3.23. The number of methoxy groups -OCH3 is 2. The van der Waals surface area contributed by atoms with Gasteiger partial charge in [0.15, 0.2) is 11.5 Å². The third-order valence-electron chi connectivity index (χ3n) is 5.79. The molecule has 0 saturated carbocycles. The second-order valence-corrected chi connectivity index (χ2v) is 7.58. The van der Waals surface area contributed by atoms with Gasteiger partial charge in [-0.15, -0.1) is 0 Å². The van der Waals surface area contributed by atoms with Crippen molar-refractivity contribution in [3.8, 4) is 17.2 Å². The highest BCUT2D eigenvalue weighted by Crippen LogP contribution is 2.50. The lowest BCUT2D eigenvalue weighted by Gasteiger charge is -2.38. The molecule has 3 aromatic carbocycles. The van der Waals surface area contributed by atoms with Gasteiger partial charge < -0.3 is 14.2 Å². The molecule has 162 valence electrons. The molecule has 8 heteroatoms. The predicted octanol–water partition coefficient (Wildman–Crippen LogP) is 4.85. The molecular formula is C24H21N3O5. The third-order valence-corrected chi connectivity index (χ3v) is 5.79. The van der Waals surface area contributed by atoms with E-state index < -0.39 is 11.2 Å². The minimum absolute atomic E-state index is 0.00651. The summed E-state index contributed by atoms with van der Waals surface area (Å²) in [6, 6.07) is 19.9. The third kappa shape index (κ3) is 3.30. The SMILES string of the molecule is COc1ccc(C2=NN3[C@@H](c4cccc([N+](=O)[O-])c4)Oc4c(OC)cccc4[C@@H]3C2)cc1. The van der Waals surface area contributed by atoms with Gasteiger partial charge in [-0.1, -0.05) is 24.3 Å².